The predicted octanol–water partition coefficient (Wildman–Crippen LogP) is 2.30. The summed E-state index contributed by atoms with van der Waals surface area (Å²) in [4.78, 5) is 15.5. The summed E-state index contributed by atoms with van der Waals surface area (Å²) in [5.41, 5.74) is 3.30. The molecule has 2 aromatic rings. The molecule has 0 aliphatic heterocycles. The first-order valence-electron chi connectivity index (χ1n) is 7.65. The fourth-order valence-electron chi connectivity index (χ4n) is 3.08. The molecular formula is C17H22N2O2. The van der Waals surface area contributed by atoms with Gasteiger partial charge in [-0.3, -0.25) is 4.79 Å². The van der Waals surface area contributed by atoms with Crippen LogP contribution in [-0.4, -0.2) is 28.6 Å². The predicted molar refractivity (Wildman–Crippen MR) is 83.1 cm³/mol. The van der Waals surface area contributed by atoms with Crippen molar-refractivity contribution in [1.29, 1.82) is 0 Å². The van der Waals surface area contributed by atoms with Crippen LogP contribution < -0.4 is 5.32 Å². The molecule has 1 heterocycles. The van der Waals surface area contributed by atoms with E-state index in [-0.39, 0.29) is 18.6 Å². The van der Waals surface area contributed by atoms with Crippen molar-refractivity contribution in [2.24, 2.45) is 5.92 Å². The molecule has 1 unspecified atom stereocenters. The third-order valence-corrected chi connectivity index (χ3v) is 4.32. The van der Waals surface area contributed by atoms with Crippen molar-refractivity contribution < 1.29 is 9.90 Å². The van der Waals surface area contributed by atoms with Crippen LogP contribution in [0.25, 0.3) is 10.9 Å². The lowest BCUT2D eigenvalue weighted by Crippen LogP contribution is -2.38. The lowest BCUT2D eigenvalue weighted by atomic mass is 10.0. The Kier molecular flexibility index (Phi) is 3.97. The molecule has 1 aromatic carbocycles. The number of amides is 1. The first-order valence-corrected chi connectivity index (χ1v) is 7.65. The molecule has 1 aliphatic carbocycles. The maximum absolute atomic E-state index is 12.3. The summed E-state index contributed by atoms with van der Waals surface area (Å²) in [6.07, 6.45) is 5.30. The number of aliphatic hydroxyl groups is 1. The monoisotopic (exact) mass is 286 g/mol. The van der Waals surface area contributed by atoms with Crippen LogP contribution in [-0.2, 0) is 11.2 Å². The third kappa shape index (κ3) is 3.10. The van der Waals surface area contributed by atoms with E-state index in [9.17, 15) is 4.79 Å². The number of rotatable bonds is 6. The van der Waals surface area contributed by atoms with Gasteiger partial charge in [0.2, 0.25) is 5.91 Å². The van der Waals surface area contributed by atoms with E-state index in [4.69, 9.17) is 5.11 Å². The average molecular weight is 286 g/mol. The van der Waals surface area contributed by atoms with Crippen LogP contribution in [0.3, 0.4) is 0 Å². The van der Waals surface area contributed by atoms with Crippen molar-refractivity contribution >= 4 is 16.8 Å². The zero-order valence-electron chi connectivity index (χ0n) is 12.4. The molecule has 3 rings (SSSR count). The highest BCUT2D eigenvalue weighted by molar-refractivity contribution is 5.91. The third-order valence-electron chi connectivity index (χ3n) is 4.32. The van der Waals surface area contributed by atoms with Crippen molar-refractivity contribution in [3.05, 3.63) is 35.5 Å². The number of carbonyl (C=O) groups excluding carboxylic acids is 1. The van der Waals surface area contributed by atoms with E-state index < -0.39 is 0 Å². The lowest BCUT2D eigenvalue weighted by Gasteiger charge is -2.17. The van der Waals surface area contributed by atoms with E-state index in [2.05, 4.69) is 23.3 Å². The maximum atomic E-state index is 12.3. The summed E-state index contributed by atoms with van der Waals surface area (Å²) in [5, 5.41) is 13.3. The minimum absolute atomic E-state index is 0.0458. The Morgan fingerprint density at radius 3 is 3.00 bits per heavy atom. The Hall–Kier alpha value is -1.81. The van der Waals surface area contributed by atoms with Gasteiger partial charge in [0.25, 0.3) is 0 Å². The second kappa shape index (κ2) is 5.90. The molecule has 1 amide bonds. The van der Waals surface area contributed by atoms with Crippen LogP contribution in [0.2, 0.25) is 0 Å². The molecule has 21 heavy (non-hydrogen) atoms. The second-order valence-electron chi connectivity index (χ2n) is 6.01. The van der Waals surface area contributed by atoms with E-state index in [0.717, 1.165) is 29.3 Å². The fourth-order valence-corrected chi connectivity index (χ4v) is 3.08. The van der Waals surface area contributed by atoms with Gasteiger partial charge in [-0.2, -0.15) is 0 Å². The van der Waals surface area contributed by atoms with Crippen LogP contribution in [0.4, 0.5) is 0 Å². The van der Waals surface area contributed by atoms with Gasteiger partial charge in [-0.25, -0.2) is 0 Å². The molecule has 1 aromatic heterocycles. The van der Waals surface area contributed by atoms with Gasteiger partial charge >= 0.3 is 0 Å². The Balaban J connectivity index is 1.71. The number of aromatic amines is 1. The van der Waals surface area contributed by atoms with Gasteiger partial charge < -0.3 is 15.4 Å². The number of benzene rings is 1. The summed E-state index contributed by atoms with van der Waals surface area (Å²) >= 11 is 0. The first kappa shape index (κ1) is 14.1. The molecule has 112 valence electrons. The van der Waals surface area contributed by atoms with Gasteiger partial charge in [0, 0.05) is 29.7 Å². The zero-order valence-corrected chi connectivity index (χ0v) is 12.4. The number of aromatic nitrogens is 1. The van der Waals surface area contributed by atoms with Gasteiger partial charge in [0.1, 0.15) is 0 Å². The number of H-pyrrole nitrogens is 1. The largest absolute Gasteiger partial charge is 0.396 e. The van der Waals surface area contributed by atoms with Crippen LogP contribution >= 0.6 is 0 Å². The van der Waals surface area contributed by atoms with E-state index in [1.54, 1.807) is 0 Å². The lowest BCUT2D eigenvalue weighted by molar-refractivity contribution is -0.121. The van der Waals surface area contributed by atoms with Crippen LogP contribution in [0, 0.1) is 12.8 Å². The second-order valence-corrected chi connectivity index (χ2v) is 6.01. The molecule has 0 bridgehead atoms. The number of fused-ring (bicyclic) bond motifs is 1. The van der Waals surface area contributed by atoms with Crippen molar-refractivity contribution in [3.63, 3.8) is 0 Å². The minimum atomic E-state index is 0.0458. The molecular weight excluding hydrogens is 264 g/mol. The molecule has 3 N–H and O–H groups in total. The van der Waals surface area contributed by atoms with E-state index in [1.807, 2.05) is 18.3 Å². The highest BCUT2D eigenvalue weighted by atomic mass is 16.3. The SMILES string of the molecule is Cc1cccc2[nH]cc(CC(=O)NC(CCO)C3CC3)c12. The van der Waals surface area contributed by atoms with E-state index >= 15 is 0 Å². The minimum Gasteiger partial charge on any atom is -0.396 e. The average Bonchev–Trinajstić information content (AvgIpc) is 3.22. The number of nitrogens with one attached hydrogen (secondary N) is 2. The summed E-state index contributed by atoms with van der Waals surface area (Å²) in [7, 11) is 0. The first-order chi connectivity index (χ1) is 10.2. The van der Waals surface area contributed by atoms with Crippen molar-refractivity contribution in [1.82, 2.24) is 10.3 Å². The highest BCUT2D eigenvalue weighted by Gasteiger charge is 2.31. The van der Waals surface area contributed by atoms with Crippen molar-refractivity contribution in [2.45, 2.75) is 38.6 Å². The van der Waals surface area contributed by atoms with Gasteiger partial charge in [0.15, 0.2) is 0 Å². The molecule has 0 radical (unpaired) electrons. The highest BCUT2D eigenvalue weighted by Crippen LogP contribution is 2.34. The number of aliphatic hydroxyl groups excluding tert-OH is 1. The van der Waals surface area contributed by atoms with Crippen LogP contribution in [0.15, 0.2) is 24.4 Å². The molecule has 1 aliphatic rings. The van der Waals surface area contributed by atoms with Crippen molar-refractivity contribution in [2.75, 3.05) is 6.61 Å². The molecule has 1 atom stereocenters. The Morgan fingerprint density at radius 1 is 1.48 bits per heavy atom. The molecule has 1 fully saturated rings. The smallest absolute Gasteiger partial charge is 0.224 e. The summed E-state index contributed by atoms with van der Waals surface area (Å²) in [6, 6.07) is 6.25. The van der Waals surface area contributed by atoms with Gasteiger partial charge in [-0.1, -0.05) is 12.1 Å². The number of hydrogen-bond donors (Lipinski definition) is 3. The van der Waals surface area contributed by atoms with Crippen molar-refractivity contribution in [3.8, 4) is 0 Å². The standard InChI is InChI=1S/C17H22N2O2/c1-11-3-2-4-15-17(11)13(10-18-15)9-16(21)19-14(7-8-20)12-5-6-12/h2-4,10,12,14,18,20H,5-9H2,1H3,(H,19,21). The van der Waals surface area contributed by atoms with Gasteiger partial charge in [-0.15, -0.1) is 0 Å². The normalized spacial score (nSPS) is 16.1. The summed E-state index contributed by atoms with van der Waals surface area (Å²) in [5.74, 6) is 0.607. The quantitative estimate of drug-likeness (QED) is 0.763. The number of hydrogen-bond acceptors (Lipinski definition) is 2. The van der Waals surface area contributed by atoms with E-state index in [1.165, 1.54) is 5.56 Å². The van der Waals surface area contributed by atoms with Crippen LogP contribution in [0.1, 0.15) is 30.4 Å². The fraction of sp³-hybridized carbons (Fsp3) is 0.471. The summed E-state index contributed by atoms with van der Waals surface area (Å²) in [6.45, 7) is 2.20. The van der Waals surface area contributed by atoms with E-state index in [0.29, 0.717) is 18.8 Å². The number of aryl methyl sites for hydroxylation is 1. The topological polar surface area (TPSA) is 65.1 Å². The Morgan fingerprint density at radius 2 is 2.29 bits per heavy atom. The molecule has 4 heteroatoms. The zero-order chi connectivity index (χ0) is 14.8. The Bertz CT molecular complexity index is 643. The Labute approximate surface area is 124 Å². The molecule has 0 saturated heterocycles. The summed E-state index contributed by atoms with van der Waals surface area (Å²) < 4.78 is 0. The number of carbonyl (C=O) groups is 1. The van der Waals surface area contributed by atoms with Crippen LogP contribution in [0.5, 0.6) is 0 Å². The van der Waals surface area contributed by atoms with Gasteiger partial charge in [0.05, 0.1) is 6.42 Å². The molecule has 1 saturated carbocycles. The maximum Gasteiger partial charge on any atom is 0.224 e. The molecule has 0 spiro atoms. The van der Waals surface area contributed by atoms with Gasteiger partial charge in [-0.05, 0) is 49.3 Å². The molecule has 4 nitrogen and oxygen atoms in total.